The average molecular weight is 417 g/mol. The van der Waals surface area contributed by atoms with Crippen molar-refractivity contribution in [3.05, 3.63) is 60.0 Å². The average Bonchev–Trinajstić information content (AvgIpc) is 3.50. The van der Waals surface area contributed by atoms with E-state index in [4.69, 9.17) is 0 Å². The highest BCUT2D eigenvalue weighted by Crippen LogP contribution is 2.38. The van der Waals surface area contributed by atoms with E-state index in [0.29, 0.717) is 10.9 Å². The zero-order valence-electron chi connectivity index (χ0n) is 16.2. The predicted octanol–water partition coefficient (Wildman–Crippen LogP) is 3.62. The van der Waals surface area contributed by atoms with Crippen LogP contribution in [-0.4, -0.2) is 39.4 Å². The third-order valence-corrected chi connectivity index (χ3v) is 6.80. The molecule has 1 saturated carbocycles. The minimum atomic E-state index is -0.178. The van der Waals surface area contributed by atoms with Gasteiger partial charge in [0.15, 0.2) is 11.2 Å². The van der Waals surface area contributed by atoms with Crippen molar-refractivity contribution in [2.24, 2.45) is 5.92 Å². The second-order valence-corrected chi connectivity index (χ2v) is 8.71. The number of hydrogen-bond acceptors (Lipinski definition) is 7. The lowest BCUT2D eigenvalue weighted by Gasteiger charge is -2.29. The summed E-state index contributed by atoms with van der Waals surface area (Å²) in [6, 6.07) is 11.9. The third kappa shape index (κ3) is 3.48. The van der Waals surface area contributed by atoms with Gasteiger partial charge >= 0.3 is 0 Å². The molecule has 7 nitrogen and oxygen atoms in total. The molecule has 1 aliphatic heterocycles. The van der Waals surface area contributed by atoms with Crippen molar-refractivity contribution < 1.29 is 4.79 Å². The van der Waals surface area contributed by atoms with Gasteiger partial charge in [0.2, 0.25) is 0 Å². The number of thiazole rings is 1. The van der Waals surface area contributed by atoms with Gasteiger partial charge in [-0.3, -0.25) is 9.78 Å². The fourth-order valence-corrected chi connectivity index (χ4v) is 5.25. The molecule has 1 amide bonds. The van der Waals surface area contributed by atoms with Gasteiger partial charge < -0.3 is 15.5 Å². The molecule has 30 heavy (non-hydrogen) atoms. The van der Waals surface area contributed by atoms with Crippen molar-refractivity contribution in [1.82, 2.24) is 20.2 Å². The number of carbonyl (C=O) groups excluding carboxylic acids is 1. The molecule has 2 aromatic heterocycles. The summed E-state index contributed by atoms with van der Waals surface area (Å²) in [6.45, 7) is 0.813. The Morgan fingerprint density at radius 2 is 2.07 bits per heavy atom. The molecule has 2 aliphatic rings. The maximum atomic E-state index is 12.8. The standard InChI is InChI=1S/C22H20N6OS/c23-13-28-12-14-8-18(19(28)9-14)27-21(29)22-25-11-20(30-22)16-10-24-7-6-17(16)26-15-4-2-1-3-5-15/h1-7,10-11,14,18-19H,8-9,12H2,(H,24,26)(H,27,29). The highest BCUT2D eigenvalue weighted by molar-refractivity contribution is 7.17. The Bertz CT molecular complexity index is 1110. The quantitative estimate of drug-likeness (QED) is 0.617. The van der Waals surface area contributed by atoms with E-state index in [1.165, 1.54) is 11.3 Å². The van der Waals surface area contributed by atoms with Gasteiger partial charge in [-0.2, -0.15) is 5.26 Å². The number of anilines is 2. The fraction of sp³-hybridized carbons (Fsp3) is 0.273. The number of para-hydroxylation sites is 1. The Morgan fingerprint density at radius 3 is 2.87 bits per heavy atom. The SMILES string of the molecule is N#CN1CC2CC(NC(=O)c3ncc(-c4cnccc4Nc4ccccc4)s3)C1C2. The number of hydrogen-bond donors (Lipinski definition) is 2. The summed E-state index contributed by atoms with van der Waals surface area (Å²) in [5.41, 5.74) is 2.78. The van der Waals surface area contributed by atoms with E-state index >= 15 is 0 Å². The summed E-state index contributed by atoms with van der Waals surface area (Å²) in [5, 5.41) is 16.2. The van der Waals surface area contributed by atoms with Gasteiger partial charge in [-0.15, -0.1) is 11.3 Å². The van der Waals surface area contributed by atoms with E-state index in [1.54, 1.807) is 23.5 Å². The molecule has 2 N–H and O–H groups in total. The molecule has 0 radical (unpaired) electrons. The van der Waals surface area contributed by atoms with Crippen molar-refractivity contribution in [2.75, 3.05) is 11.9 Å². The van der Waals surface area contributed by atoms with Crippen molar-refractivity contribution >= 4 is 28.6 Å². The molecule has 1 aliphatic carbocycles. The molecular weight excluding hydrogens is 396 g/mol. The number of rotatable bonds is 5. The topological polar surface area (TPSA) is 93.9 Å². The lowest BCUT2D eigenvalue weighted by molar-refractivity contribution is 0.0912. The molecule has 3 aromatic rings. The van der Waals surface area contributed by atoms with E-state index in [0.717, 1.165) is 41.2 Å². The summed E-state index contributed by atoms with van der Waals surface area (Å²) in [7, 11) is 0. The summed E-state index contributed by atoms with van der Waals surface area (Å²) >= 11 is 1.35. The number of benzene rings is 1. The number of amides is 1. The Morgan fingerprint density at radius 1 is 1.20 bits per heavy atom. The number of piperidine rings is 1. The number of aromatic nitrogens is 2. The van der Waals surface area contributed by atoms with Crippen LogP contribution < -0.4 is 10.6 Å². The van der Waals surface area contributed by atoms with E-state index in [1.807, 2.05) is 36.4 Å². The van der Waals surface area contributed by atoms with Gasteiger partial charge in [-0.05, 0) is 37.0 Å². The van der Waals surface area contributed by atoms with Crippen LogP contribution >= 0.6 is 11.3 Å². The predicted molar refractivity (Wildman–Crippen MR) is 115 cm³/mol. The number of fused-ring (bicyclic) bond motifs is 2. The first kappa shape index (κ1) is 18.6. The van der Waals surface area contributed by atoms with E-state index in [2.05, 4.69) is 26.8 Å². The summed E-state index contributed by atoms with van der Waals surface area (Å²) < 4.78 is 0. The van der Waals surface area contributed by atoms with E-state index in [9.17, 15) is 10.1 Å². The lowest BCUT2D eigenvalue weighted by Crippen LogP contribution is -2.48. The van der Waals surface area contributed by atoms with Crippen LogP contribution in [0.2, 0.25) is 0 Å². The Labute approximate surface area is 178 Å². The van der Waals surface area contributed by atoms with Crippen LogP contribution in [0.3, 0.4) is 0 Å². The first-order chi connectivity index (χ1) is 14.7. The Kier molecular flexibility index (Phi) is 4.81. The fourth-order valence-electron chi connectivity index (χ4n) is 4.41. The van der Waals surface area contributed by atoms with E-state index in [-0.39, 0.29) is 18.0 Å². The first-order valence-corrected chi connectivity index (χ1v) is 10.7. The normalized spacial score (nSPS) is 22.0. The molecular formula is C22H20N6OS. The van der Waals surface area contributed by atoms with Gasteiger partial charge in [0.05, 0.1) is 22.6 Å². The number of nitriles is 1. The minimum Gasteiger partial charge on any atom is -0.355 e. The van der Waals surface area contributed by atoms with Crippen LogP contribution in [0, 0.1) is 17.4 Å². The highest BCUT2D eigenvalue weighted by Gasteiger charge is 2.45. The molecule has 3 unspecified atom stereocenters. The third-order valence-electron chi connectivity index (χ3n) is 5.77. The van der Waals surface area contributed by atoms with Crippen LogP contribution in [-0.2, 0) is 0 Å². The van der Waals surface area contributed by atoms with Gasteiger partial charge in [0.1, 0.15) is 0 Å². The van der Waals surface area contributed by atoms with Crippen LogP contribution in [0.15, 0.2) is 55.0 Å². The van der Waals surface area contributed by atoms with Gasteiger partial charge in [0.25, 0.3) is 5.91 Å². The zero-order chi connectivity index (χ0) is 20.5. The van der Waals surface area contributed by atoms with E-state index < -0.39 is 0 Å². The van der Waals surface area contributed by atoms with Crippen LogP contribution in [0.4, 0.5) is 11.4 Å². The maximum absolute atomic E-state index is 12.8. The molecule has 0 spiro atoms. The Balaban J connectivity index is 1.33. The molecule has 8 heteroatoms. The maximum Gasteiger partial charge on any atom is 0.280 e. The van der Waals surface area contributed by atoms with Crippen LogP contribution in [0.1, 0.15) is 22.6 Å². The largest absolute Gasteiger partial charge is 0.355 e. The van der Waals surface area contributed by atoms with Crippen molar-refractivity contribution in [1.29, 1.82) is 5.26 Å². The monoisotopic (exact) mass is 416 g/mol. The molecule has 2 fully saturated rings. The van der Waals surface area contributed by atoms with Gasteiger partial charge in [0, 0.05) is 36.4 Å². The number of carbonyl (C=O) groups is 1. The molecule has 5 rings (SSSR count). The smallest absolute Gasteiger partial charge is 0.280 e. The number of likely N-dealkylation sites (tertiary alicyclic amines) is 1. The second-order valence-electron chi connectivity index (χ2n) is 7.68. The molecule has 1 saturated heterocycles. The summed E-state index contributed by atoms with van der Waals surface area (Å²) in [6.07, 6.45) is 9.39. The molecule has 3 heterocycles. The number of nitrogens with zero attached hydrogens (tertiary/aromatic N) is 4. The van der Waals surface area contributed by atoms with Gasteiger partial charge in [-0.1, -0.05) is 18.2 Å². The molecule has 3 atom stereocenters. The van der Waals surface area contributed by atoms with Crippen molar-refractivity contribution in [2.45, 2.75) is 24.9 Å². The number of nitrogens with one attached hydrogen (secondary N) is 2. The molecule has 150 valence electrons. The van der Waals surface area contributed by atoms with Crippen LogP contribution in [0.25, 0.3) is 10.4 Å². The first-order valence-electron chi connectivity index (χ1n) is 9.91. The second kappa shape index (κ2) is 7.76. The lowest BCUT2D eigenvalue weighted by atomic mass is 10.1. The Hall–Kier alpha value is -3.44. The summed E-state index contributed by atoms with van der Waals surface area (Å²) in [4.78, 5) is 24.1. The molecule has 1 aromatic carbocycles. The number of pyridine rings is 1. The zero-order valence-corrected chi connectivity index (χ0v) is 17.0. The minimum absolute atomic E-state index is 0.0111. The van der Waals surface area contributed by atoms with Crippen molar-refractivity contribution in [3.63, 3.8) is 0 Å². The van der Waals surface area contributed by atoms with Gasteiger partial charge in [-0.25, -0.2) is 4.98 Å². The molecule has 2 bridgehead atoms. The van der Waals surface area contributed by atoms with Crippen LogP contribution in [0.5, 0.6) is 0 Å². The highest BCUT2D eigenvalue weighted by atomic mass is 32.1. The summed E-state index contributed by atoms with van der Waals surface area (Å²) in [5.74, 6) is 0.317. The van der Waals surface area contributed by atoms with Crippen molar-refractivity contribution in [3.8, 4) is 16.6 Å².